The van der Waals surface area contributed by atoms with Gasteiger partial charge in [0, 0.05) is 0 Å². The first-order valence-corrected chi connectivity index (χ1v) is 3.65. The van der Waals surface area contributed by atoms with Crippen LogP contribution in [0.25, 0.3) is 0 Å². The highest BCUT2D eigenvalue weighted by atomic mass is 16.3. The number of anilines is 1. The number of hydrogen-bond acceptors (Lipinski definition) is 5. The molecule has 1 aromatic rings. The number of nitrogens with two attached hydrogens (primary N) is 1. The van der Waals surface area contributed by atoms with Gasteiger partial charge in [-0.3, -0.25) is 0 Å². The molecule has 2 heterocycles. The van der Waals surface area contributed by atoms with Gasteiger partial charge in [0.2, 0.25) is 0 Å². The first kappa shape index (κ1) is 7.53. The molecule has 0 aliphatic carbocycles. The Hall–Kier alpha value is -1.11. The number of aromatic nitrogens is 2. The fraction of sp³-hybridized carbons (Fsp3) is 0.500. The zero-order chi connectivity index (χ0) is 8.72. The number of aliphatic hydroxyl groups is 1. The molecule has 0 saturated heterocycles. The maximum atomic E-state index is 9.39. The zero-order valence-electron chi connectivity index (χ0n) is 6.65. The Kier molecular flexibility index (Phi) is 1.53. The Morgan fingerprint density at radius 2 is 2.50 bits per heavy atom. The highest BCUT2D eigenvalue weighted by Gasteiger charge is 2.29. The summed E-state index contributed by atoms with van der Waals surface area (Å²) in [5.74, 6) is 0.619. The molecule has 12 heavy (non-hydrogen) atoms. The van der Waals surface area contributed by atoms with Crippen LogP contribution in [0.4, 0.5) is 5.82 Å². The van der Waals surface area contributed by atoms with Gasteiger partial charge in [-0.05, 0) is 7.05 Å². The van der Waals surface area contributed by atoms with Gasteiger partial charge in [-0.25, -0.2) is 9.88 Å². The van der Waals surface area contributed by atoms with E-state index < -0.39 is 6.35 Å². The van der Waals surface area contributed by atoms with Crippen LogP contribution in [0.1, 0.15) is 11.9 Å². The Labute approximate surface area is 69.4 Å². The Morgan fingerprint density at radius 1 is 1.75 bits per heavy atom. The number of fused-ring (bicyclic) bond motifs is 1. The lowest BCUT2D eigenvalue weighted by Crippen LogP contribution is -2.47. The molecule has 0 saturated carbocycles. The van der Waals surface area contributed by atoms with Crippen molar-refractivity contribution in [2.75, 3.05) is 12.4 Å². The highest BCUT2D eigenvalue weighted by Crippen LogP contribution is 2.25. The summed E-state index contributed by atoms with van der Waals surface area (Å²) < 4.78 is 0. The number of aliphatic hydroxyl groups excluding tert-OH is 1. The summed E-state index contributed by atoms with van der Waals surface area (Å²) in [6.07, 6.45) is 0.443. The predicted molar refractivity (Wildman–Crippen MR) is 42.9 cm³/mol. The molecule has 0 radical (unpaired) electrons. The minimum Gasteiger partial charge on any atom is -0.361 e. The topological polar surface area (TPSA) is 90.2 Å². The van der Waals surface area contributed by atoms with Gasteiger partial charge in [0.25, 0.3) is 0 Å². The maximum Gasteiger partial charge on any atom is 0.186 e. The molecule has 5 N–H and O–H groups in total. The van der Waals surface area contributed by atoms with Gasteiger partial charge >= 0.3 is 0 Å². The molecule has 6 heteroatoms. The van der Waals surface area contributed by atoms with Crippen LogP contribution >= 0.6 is 0 Å². The van der Waals surface area contributed by atoms with E-state index in [4.69, 9.17) is 5.73 Å². The molecule has 0 spiro atoms. The molecule has 0 bridgehead atoms. The first-order chi connectivity index (χ1) is 5.70. The van der Waals surface area contributed by atoms with Gasteiger partial charge in [0.15, 0.2) is 12.2 Å². The van der Waals surface area contributed by atoms with E-state index in [1.54, 1.807) is 18.3 Å². The molecule has 2 unspecified atom stereocenters. The van der Waals surface area contributed by atoms with Crippen molar-refractivity contribution in [3.05, 3.63) is 12.0 Å². The summed E-state index contributed by atoms with van der Waals surface area (Å²) in [7, 11) is 1.73. The quantitative estimate of drug-likeness (QED) is 0.400. The fourth-order valence-corrected chi connectivity index (χ4v) is 1.22. The van der Waals surface area contributed by atoms with Gasteiger partial charge in [-0.15, -0.1) is 0 Å². The molecule has 2 rings (SSSR count). The number of nitrogens with zero attached hydrogens (tertiary/aromatic N) is 2. The summed E-state index contributed by atoms with van der Waals surface area (Å²) in [6.45, 7) is 0. The fourth-order valence-electron chi connectivity index (χ4n) is 1.22. The summed E-state index contributed by atoms with van der Waals surface area (Å²) in [5, 5.41) is 12.2. The van der Waals surface area contributed by atoms with E-state index in [-0.39, 0.29) is 6.17 Å². The van der Waals surface area contributed by atoms with Crippen molar-refractivity contribution in [3.8, 4) is 0 Å². The molecule has 0 aromatic carbocycles. The van der Waals surface area contributed by atoms with Crippen molar-refractivity contribution < 1.29 is 5.11 Å². The van der Waals surface area contributed by atoms with E-state index in [1.807, 2.05) is 0 Å². The molecule has 66 valence electrons. The lowest BCUT2D eigenvalue weighted by molar-refractivity contribution is 0.00830. The largest absolute Gasteiger partial charge is 0.361 e. The SMILES string of the molecule is CN1C(O)Nc2nc[nH]c2C1N. The Balaban J connectivity index is 2.39. The standard InChI is InChI=1S/C6H11N5O/c1-11-4(7)3-5(9-2-8-3)10-6(11)12/h2,4,6,10,12H,7H2,1H3,(H,8,9). The number of rotatable bonds is 0. The average Bonchev–Trinajstić information content (AvgIpc) is 2.48. The van der Waals surface area contributed by atoms with E-state index in [0.717, 1.165) is 5.69 Å². The number of H-pyrrole nitrogens is 1. The predicted octanol–water partition coefficient (Wildman–Crippen LogP) is -1.000. The molecular weight excluding hydrogens is 158 g/mol. The third-order valence-electron chi connectivity index (χ3n) is 2.05. The molecule has 1 aliphatic rings. The smallest absolute Gasteiger partial charge is 0.186 e. The van der Waals surface area contributed by atoms with Crippen LogP contribution in [-0.2, 0) is 0 Å². The number of nitrogens with one attached hydrogen (secondary N) is 2. The zero-order valence-corrected chi connectivity index (χ0v) is 6.65. The van der Waals surface area contributed by atoms with Crippen LogP contribution in [0, 0.1) is 0 Å². The molecule has 6 nitrogen and oxygen atoms in total. The molecule has 1 aliphatic heterocycles. The van der Waals surface area contributed by atoms with E-state index in [9.17, 15) is 5.11 Å². The van der Waals surface area contributed by atoms with E-state index in [0.29, 0.717) is 5.82 Å². The highest BCUT2D eigenvalue weighted by molar-refractivity contribution is 5.44. The van der Waals surface area contributed by atoms with Crippen LogP contribution in [0.2, 0.25) is 0 Å². The second-order valence-electron chi connectivity index (χ2n) is 2.79. The molecule has 2 atom stereocenters. The Morgan fingerprint density at radius 3 is 3.25 bits per heavy atom. The normalized spacial score (nSPS) is 29.6. The van der Waals surface area contributed by atoms with E-state index >= 15 is 0 Å². The van der Waals surface area contributed by atoms with Crippen LogP contribution < -0.4 is 11.1 Å². The van der Waals surface area contributed by atoms with E-state index in [1.165, 1.54) is 0 Å². The van der Waals surface area contributed by atoms with Gasteiger partial charge in [0.1, 0.15) is 6.17 Å². The maximum absolute atomic E-state index is 9.39. The average molecular weight is 169 g/mol. The summed E-state index contributed by atoms with van der Waals surface area (Å²) in [5.41, 5.74) is 6.57. The van der Waals surface area contributed by atoms with Crippen LogP contribution in [-0.4, -0.2) is 33.4 Å². The number of aromatic amines is 1. The summed E-state index contributed by atoms with van der Waals surface area (Å²) >= 11 is 0. The van der Waals surface area contributed by atoms with Crippen molar-refractivity contribution in [2.24, 2.45) is 5.73 Å². The lowest BCUT2D eigenvalue weighted by Gasteiger charge is -2.33. The van der Waals surface area contributed by atoms with Gasteiger partial charge < -0.3 is 21.1 Å². The summed E-state index contributed by atoms with van der Waals surface area (Å²) in [4.78, 5) is 8.46. The van der Waals surface area contributed by atoms with Crippen molar-refractivity contribution in [1.29, 1.82) is 0 Å². The van der Waals surface area contributed by atoms with Gasteiger partial charge in [0.05, 0.1) is 12.0 Å². The lowest BCUT2D eigenvalue weighted by atomic mass is 10.3. The number of imidazole rings is 1. The minimum atomic E-state index is -0.768. The van der Waals surface area contributed by atoms with Crippen molar-refractivity contribution >= 4 is 5.82 Å². The van der Waals surface area contributed by atoms with Crippen LogP contribution in [0.5, 0.6) is 0 Å². The molecule has 0 amide bonds. The third-order valence-corrected chi connectivity index (χ3v) is 2.05. The van der Waals surface area contributed by atoms with Crippen molar-refractivity contribution in [3.63, 3.8) is 0 Å². The number of hydrogen-bond donors (Lipinski definition) is 4. The van der Waals surface area contributed by atoms with Crippen molar-refractivity contribution in [1.82, 2.24) is 14.9 Å². The third kappa shape index (κ3) is 0.893. The second kappa shape index (κ2) is 2.44. The molecule has 1 aromatic heterocycles. The van der Waals surface area contributed by atoms with Crippen molar-refractivity contribution in [2.45, 2.75) is 12.5 Å². The first-order valence-electron chi connectivity index (χ1n) is 3.65. The molecule has 0 fully saturated rings. The van der Waals surface area contributed by atoms with E-state index in [2.05, 4.69) is 15.3 Å². The second-order valence-corrected chi connectivity index (χ2v) is 2.79. The van der Waals surface area contributed by atoms with Crippen LogP contribution in [0.15, 0.2) is 6.33 Å². The summed E-state index contributed by atoms with van der Waals surface area (Å²) in [6, 6.07) is 0. The van der Waals surface area contributed by atoms with Gasteiger partial charge in [-0.2, -0.15) is 0 Å². The monoisotopic (exact) mass is 169 g/mol. The Bertz CT molecular complexity index is 285. The van der Waals surface area contributed by atoms with Crippen LogP contribution in [0.3, 0.4) is 0 Å². The minimum absolute atomic E-state index is 0.334. The van der Waals surface area contributed by atoms with Gasteiger partial charge in [-0.1, -0.05) is 0 Å². The molecular formula is C6H11N5O.